The number of hydrogen-bond acceptors (Lipinski definition) is 4. The number of hydrogen-bond donors (Lipinski definition) is 1. The fourth-order valence-corrected chi connectivity index (χ4v) is 2.86. The molecule has 2 rings (SSSR count). The van der Waals surface area contributed by atoms with Crippen LogP contribution in [-0.2, 0) is 0 Å². The molecule has 2 heterocycles. The number of carbonyl (C=O) groups is 1. The van der Waals surface area contributed by atoms with Crippen molar-refractivity contribution in [1.29, 1.82) is 0 Å². The summed E-state index contributed by atoms with van der Waals surface area (Å²) in [6.07, 6.45) is 3.81. The normalized spacial score (nSPS) is 16.7. The van der Waals surface area contributed by atoms with E-state index in [4.69, 9.17) is 0 Å². The van der Waals surface area contributed by atoms with Crippen LogP contribution in [0, 0.1) is 0 Å². The molecular weight excluding hydrogens is 264 g/mol. The predicted molar refractivity (Wildman–Crippen MR) is 85.6 cm³/mol. The Morgan fingerprint density at radius 1 is 1.43 bits per heavy atom. The van der Waals surface area contributed by atoms with E-state index in [-0.39, 0.29) is 5.91 Å². The second-order valence-corrected chi connectivity index (χ2v) is 5.51. The number of rotatable bonds is 5. The van der Waals surface area contributed by atoms with Gasteiger partial charge in [0, 0.05) is 38.9 Å². The van der Waals surface area contributed by atoms with Gasteiger partial charge in [0.15, 0.2) is 0 Å². The summed E-state index contributed by atoms with van der Waals surface area (Å²) in [5.74, 6) is 0.747. The second-order valence-electron chi connectivity index (χ2n) is 5.51. The van der Waals surface area contributed by atoms with Gasteiger partial charge in [0.1, 0.15) is 5.82 Å². The van der Waals surface area contributed by atoms with E-state index in [1.807, 2.05) is 31.0 Å². The van der Waals surface area contributed by atoms with E-state index in [1.165, 1.54) is 0 Å². The standard InChI is InChI=1S/C16H26N4O/c1-4-17-15-14(7-6-10-18-15)16(21)19(3)13-8-11-20(5-2)12-9-13/h6-7,10,13H,4-5,8-9,11-12H2,1-3H3,(H,17,18). The van der Waals surface area contributed by atoms with Gasteiger partial charge in [-0.15, -0.1) is 0 Å². The van der Waals surface area contributed by atoms with E-state index in [2.05, 4.69) is 22.1 Å². The zero-order valence-corrected chi connectivity index (χ0v) is 13.3. The predicted octanol–water partition coefficient (Wildman–Crippen LogP) is 2.07. The summed E-state index contributed by atoms with van der Waals surface area (Å²) < 4.78 is 0. The number of amides is 1. The molecule has 0 atom stereocenters. The molecule has 5 heteroatoms. The molecule has 1 N–H and O–H groups in total. The van der Waals surface area contributed by atoms with Crippen LogP contribution in [0.3, 0.4) is 0 Å². The molecule has 0 aromatic carbocycles. The number of nitrogens with one attached hydrogen (secondary N) is 1. The lowest BCUT2D eigenvalue weighted by Gasteiger charge is -2.36. The third-order valence-electron chi connectivity index (χ3n) is 4.25. The average Bonchev–Trinajstić information content (AvgIpc) is 2.54. The summed E-state index contributed by atoms with van der Waals surface area (Å²) in [5.41, 5.74) is 0.666. The minimum atomic E-state index is 0.0639. The van der Waals surface area contributed by atoms with E-state index in [1.54, 1.807) is 6.20 Å². The number of nitrogens with zero attached hydrogens (tertiary/aromatic N) is 3. The highest BCUT2D eigenvalue weighted by Crippen LogP contribution is 2.20. The van der Waals surface area contributed by atoms with Crippen LogP contribution in [0.25, 0.3) is 0 Å². The number of likely N-dealkylation sites (tertiary alicyclic amines) is 1. The van der Waals surface area contributed by atoms with E-state index in [0.29, 0.717) is 17.4 Å². The van der Waals surface area contributed by atoms with Crippen molar-refractivity contribution in [3.05, 3.63) is 23.9 Å². The molecule has 1 aromatic heterocycles. The summed E-state index contributed by atoms with van der Waals surface area (Å²) in [6.45, 7) is 8.20. The Hall–Kier alpha value is -1.62. The number of pyridine rings is 1. The Morgan fingerprint density at radius 3 is 2.76 bits per heavy atom. The first-order valence-electron chi connectivity index (χ1n) is 7.85. The van der Waals surface area contributed by atoms with Crippen LogP contribution < -0.4 is 5.32 Å². The van der Waals surface area contributed by atoms with Crippen LogP contribution in [0.1, 0.15) is 37.0 Å². The fraction of sp³-hybridized carbons (Fsp3) is 0.625. The van der Waals surface area contributed by atoms with Gasteiger partial charge in [-0.3, -0.25) is 4.79 Å². The average molecular weight is 290 g/mol. The summed E-state index contributed by atoms with van der Waals surface area (Å²) in [4.78, 5) is 21.3. The van der Waals surface area contributed by atoms with Crippen LogP contribution in [0.4, 0.5) is 5.82 Å². The van der Waals surface area contributed by atoms with Gasteiger partial charge in [-0.25, -0.2) is 4.98 Å². The second kappa shape index (κ2) is 7.41. The lowest BCUT2D eigenvalue weighted by molar-refractivity contribution is 0.0647. The van der Waals surface area contributed by atoms with Crippen LogP contribution in [0.2, 0.25) is 0 Å². The molecular formula is C16H26N4O. The molecule has 0 saturated carbocycles. The van der Waals surface area contributed by atoms with Crippen molar-refractivity contribution in [2.24, 2.45) is 0 Å². The zero-order chi connectivity index (χ0) is 15.2. The Kier molecular flexibility index (Phi) is 5.56. The zero-order valence-electron chi connectivity index (χ0n) is 13.3. The topological polar surface area (TPSA) is 48.5 Å². The maximum absolute atomic E-state index is 12.7. The largest absolute Gasteiger partial charge is 0.370 e. The summed E-state index contributed by atoms with van der Waals surface area (Å²) in [7, 11) is 1.91. The molecule has 1 aliphatic heterocycles. The lowest BCUT2D eigenvalue weighted by Crippen LogP contribution is -2.45. The highest BCUT2D eigenvalue weighted by molar-refractivity contribution is 5.98. The molecule has 0 radical (unpaired) electrons. The Balaban J connectivity index is 2.06. The van der Waals surface area contributed by atoms with E-state index < -0.39 is 0 Å². The van der Waals surface area contributed by atoms with Crippen LogP contribution in [0.15, 0.2) is 18.3 Å². The molecule has 0 unspecified atom stereocenters. The molecule has 0 aliphatic carbocycles. The highest BCUT2D eigenvalue weighted by Gasteiger charge is 2.26. The first-order chi connectivity index (χ1) is 10.2. The smallest absolute Gasteiger partial charge is 0.257 e. The van der Waals surface area contributed by atoms with Gasteiger partial charge in [0.2, 0.25) is 0 Å². The van der Waals surface area contributed by atoms with Gasteiger partial charge in [0.05, 0.1) is 5.56 Å². The minimum Gasteiger partial charge on any atom is -0.370 e. The van der Waals surface area contributed by atoms with E-state index in [0.717, 1.165) is 39.0 Å². The van der Waals surface area contributed by atoms with Gasteiger partial charge in [-0.2, -0.15) is 0 Å². The minimum absolute atomic E-state index is 0.0639. The number of piperidine rings is 1. The van der Waals surface area contributed by atoms with Crippen LogP contribution in [-0.4, -0.2) is 60.0 Å². The van der Waals surface area contributed by atoms with Crippen molar-refractivity contribution in [3.63, 3.8) is 0 Å². The highest BCUT2D eigenvalue weighted by atomic mass is 16.2. The number of anilines is 1. The molecule has 21 heavy (non-hydrogen) atoms. The molecule has 1 aliphatic rings. The van der Waals surface area contributed by atoms with E-state index in [9.17, 15) is 4.79 Å². The lowest BCUT2D eigenvalue weighted by atomic mass is 10.0. The van der Waals surface area contributed by atoms with Crippen molar-refractivity contribution in [3.8, 4) is 0 Å². The first-order valence-corrected chi connectivity index (χ1v) is 7.85. The third-order valence-corrected chi connectivity index (χ3v) is 4.25. The van der Waals surface area contributed by atoms with Crippen LogP contribution in [0.5, 0.6) is 0 Å². The summed E-state index contributed by atoms with van der Waals surface area (Å²) >= 11 is 0. The monoisotopic (exact) mass is 290 g/mol. The Morgan fingerprint density at radius 2 is 2.14 bits per heavy atom. The SMILES string of the molecule is CCNc1ncccc1C(=O)N(C)C1CCN(CC)CC1. The molecule has 0 bridgehead atoms. The van der Waals surface area contributed by atoms with Crippen LogP contribution >= 0.6 is 0 Å². The van der Waals surface area contributed by atoms with Crippen molar-refractivity contribution in [2.45, 2.75) is 32.7 Å². The van der Waals surface area contributed by atoms with Gasteiger partial charge in [-0.1, -0.05) is 6.92 Å². The fourth-order valence-electron chi connectivity index (χ4n) is 2.86. The molecule has 5 nitrogen and oxygen atoms in total. The Bertz CT molecular complexity index is 469. The quantitative estimate of drug-likeness (QED) is 0.902. The summed E-state index contributed by atoms with van der Waals surface area (Å²) in [6, 6.07) is 4.00. The van der Waals surface area contributed by atoms with Gasteiger partial charge >= 0.3 is 0 Å². The van der Waals surface area contributed by atoms with Gasteiger partial charge in [-0.05, 0) is 38.4 Å². The number of aromatic nitrogens is 1. The maximum atomic E-state index is 12.7. The van der Waals surface area contributed by atoms with E-state index >= 15 is 0 Å². The Labute approximate surface area is 127 Å². The maximum Gasteiger partial charge on any atom is 0.257 e. The van der Waals surface area contributed by atoms with Gasteiger partial charge in [0.25, 0.3) is 5.91 Å². The molecule has 1 fully saturated rings. The first kappa shape index (κ1) is 15.8. The van der Waals surface area contributed by atoms with Crippen molar-refractivity contribution >= 4 is 11.7 Å². The number of carbonyl (C=O) groups excluding carboxylic acids is 1. The van der Waals surface area contributed by atoms with Crippen molar-refractivity contribution in [1.82, 2.24) is 14.8 Å². The van der Waals surface area contributed by atoms with Crippen molar-refractivity contribution < 1.29 is 4.79 Å². The molecule has 1 aromatic rings. The molecule has 1 saturated heterocycles. The van der Waals surface area contributed by atoms with Gasteiger partial charge < -0.3 is 15.1 Å². The van der Waals surface area contributed by atoms with Crippen molar-refractivity contribution in [2.75, 3.05) is 38.5 Å². The molecule has 1 amide bonds. The molecule has 0 spiro atoms. The molecule has 116 valence electrons. The summed E-state index contributed by atoms with van der Waals surface area (Å²) in [5, 5.41) is 3.16. The third kappa shape index (κ3) is 3.73.